The summed E-state index contributed by atoms with van der Waals surface area (Å²) >= 11 is 0. The molecule has 1 saturated heterocycles. The van der Waals surface area contributed by atoms with E-state index in [4.69, 9.17) is 0 Å². The molecule has 4 rings (SSSR count). The summed E-state index contributed by atoms with van der Waals surface area (Å²) in [6, 6.07) is 19.8. The van der Waals surface area contributed by atoms with Crippen LogP contribution in [0.1, 0.15) is 24.1 Å². The van der Waals surface area contributed by atoms with Gasteiger partial charge in [0.1, 0.15) is 11.3 Å². The van der Waals surface area contributed by atoms with Crippen molar-refractivity contribution in [1.82, 2.24) is 9.88 Å². The third-order valence-electron chi connectivity index (χ3n) is 5.61. The number of benzene rings is 2. The highest BCUT2D eigenvalue weighted by Gasteiger charge is 2.25. The molecule has 0 aliphatic carbocycles. The van der Waals surface area contributed by atoms with Gasteiger partial charge in [0.15, 0.2) is 0 Å². The molecular weight excluding hydrogens is 336 g/mol. The van der Waals surface area contributed by atoms with Crippen LogP contribution in [-0.2, 0) is 13.0 Å². The molecule has 1 aliphatic heterocycles. The molecule has 1 fully saturated rings. The summed E-state index contributed by atoms with van der Waals surface area (Å²) in [5, 5.41) is 21.6. The number of phenolic OH excluding ortho intramolecular Hbond substituents is 1. The molecule has 0 bridgehead atoms. The van der Waals surface area contributed by atoms with Crippen LogP contribution in [0.5, 0.6) is 5.75 Å². The maximum Gasteiger partial charge on any atom is 0.141 e. The Morgan fingerprint density at radius 1 is 0.963 bits per heavy atom. The van der Waals surface area contributed by atoms with Crippen molar-refractivity contribution in [3.05, 3.63) is 71.9 Å². The summed E-state index contributed by atoms with van der Waals surface area (Å²) in [6.45, 7) is 2.72. The number of nitrogens with zero attached hydrogens (tertiary/aromatic N) is 2. The number of rotatable bonds is 5. The fourth-order valence-electron chi connectivity index (χ4n) is 4.01. The lowest BCUT2D eigenvalue weighted by Gasteiger charge is -2.34. The van der Waals surface area contributed by atoms with Gasteiger partial charge in [0.05, 0.1) is 11.8 Å². The van der Waals surface area contributed by atoms with E-state index < -0.39 is 0 Å². The van der Waals surface area contributed by atoms with Gasteiger partial charge in [0, 0.05) is 11.9 Å². The second-order valence-electron chi connectivity index (χ2n) is 7.52. The number of hydrogen-bond donors (Lipinski definition) is 2. The number of aromatic nitrogens is 1. The summed E-state index contributed by atoms with van der Waals surface area (Å²) in [6.07, 6.45) is 2.47. The summed E-state index contributed by atoms with van der Waals surface area (Å²) in [4.78, 5) is 7.03. The quantitative estimate of drug-likeness (QED) is 0.726. The SMILES string of the molecule is Oc1cccc2ccc(CN3CCC([C@H](O)Cc4ccccc4)CC3)nc12. The smallest absolute Gasteiger partial charge is 0.141 e. The Morgan fingerprint density at radius 2 is 1.74 bits per heavy atom. The number of pyridine rings is 1. The van der Waals surface area contributed by atoms with Crippen LogP contribution in [0, 0.1) is 5.92 Å². The highest BCUT2D eigenvalue weighted by atomic mass is 16.3. The van der Waals surface area contributed by atoms with Gasteiger partial charge in [-0.1, -0.05) is 48.5 Å². The first-order valence-electron chi connectivity index (χ1n) is 9.71. The van der Waals surface area contributed by atoms with Crippen molar-refractivity contribution in [2.75, 3.05) is 13.1 Å². The van der Waals surface area contributed by atoms with Gasteiger partial charge in [-0.05, 0) is 56.0 Å². The van der Waals surface area contributed by atoms with Crippen LogP contribution >= 0.6 is 0 Å². The molecule has 27 heavy (non-hydrogen) atoms. The number of aromatic hydroxyl groups is 1. The zero-order chi connectivity index (χ0) is 18.6. The lowest BCUT2D eigenvalue weighted by molar-refractivity contribution is 0.0573. The maximum atomic E-state index is 10.6. The van der Waals surface area contributed by atoms with E-state index in [1.54, 1.807) is 6.07 Å². The summed E-state index contributed by atoms with van der Waals surface area (Å²) < 4.78 is 0. The molecule has 1 aliphatic rings. The van der Waals surface area contributed by atoms with E-state index in [1.165, 1.54) is 5.56 Å². The second kappa shape index (κ2) is 8.07. The van der Waals surface area contributed by atoms with Crippen molar-refractivity contribution in [3.8, 4) is 5.75 Å². The number of aliphatic hydroxyl groups is 1. The van der Waals surface area contributed by atoms with E-state index >= 15 is 0 Å². The number of hydrogen-bond acceptors (Lipinski definition) is 4. The van der Waals surface area contributed by atoms with Gasteiger partial charge >= 0.3 is 0 Å². The standard InChI is InChI=1S/C23H26N2O2/c26-21-8-4-7-19-9-10-20(24-23(19)21)16-25-13-11-18(12-14-25)22(27)15-17-5-2-1-3-6-17/h1-10,18,22,26-27H,11-16H2/t22-/m1/s1. The zero-order valence-corrected chi connectivity index (χ0v) is 15.5. The first-order chi connectivity index (χ1) is 13.2. The van der Waals surface area contributed by atoms with E-state index in [1.807, 2.05) is 42.5 Å². The Hall–Kier alpha value is -2.43. The van der Waals surface area contributed by atoms with Crippen molar-refractivity contribution in [2.45, 2.75) is 31.9 Å². The first-order valence-corrected chi connectivity index (χ1v) is 9.71. The summed E-state index contributed by atoms with van der Waals surface area (Å²) in [7, 11) is 0. The third kappa shape index (κ3) is 4.29. The molecule has 2 heterocycles. The minimum atomic E-state index is -0.273. The maximum absolute atomic E-state index is 10.6. The monoisotopic (exact) mass is 362 g/mol. The number of para-hydroxylation sites is 1. The largest absolute Gasteiger partial charge is 0.506 e. The number of fused-ring (bicyclic) bond motifs is 1. The van der Waals surface area contributed by atoms with Gasteiger partial charge < -0.3 is 10.2 Å². The van der Waals surface area contributed by atoms with Gasteiger partial charge in [0.2, 0.25) is 0 Å². The van der Waals surface area contributed by atoms with Crippen LogP contribution in [0.4, 0.5) is 0 Å². The van der Waals surface area contributed by atoms with Gasteiger partial charge in [-0.15, -0.1) is 0 Å². The van der Waals surface area contributed by atoms with E-state index in [2.05, 4.69) is 22.0 Å². The molecule has 2 aromatic carbocycles. The van der Waals surface area contributed by atoms with E-state index in [0.717, 1.165) is 50.0 Å². The van der Waals surface area contributed by atoms with Crippen molar-refractivity contribution in [3.63, 3.8) is 0 Å². The third-order valence-corrected chi connectivity index (χ3v) is 5.61. The first kappa shape index (κ1) is 18.0. The molecule has 0 radical (unpaired) electrons. The minimum absolute atomic E-state index is 0.233. The minimum Gasteiger partial charge on any atom is -0.506 e. The normalized spacial score (nSPS) is 17.2. The highest BCUT2D eigenvalue weighted by molar-refractivity contribution is 5.84. The average Bonchev–Trinajstić information content (AvgIpc) is 2.70. The van der Waals surface area contributed by atoms with Gasteiger partial charge in [0.25, 0.3) is 0 Å². The number of piperidine rings is 1. The van der Waals surface area contributed by atoms with Crippen LogP contribution in [0.25, 0.3) is 10.9 Å². The van der Waals surface area contributed by atoms with Crippen molar-refractivity contribution >= 4 is 10.9 Å². The molecule has 1 atom stereocenters. The molecule has 0 spiro atoms. The number of phenols is 1. The molecule has 4 nitrogen and oxygen atoms in total. The molecule has 2 N–H and O–H groups in total. The van der Waals surface area contributed by atoms with Crippen molar-refractivity contribution < 1.29 is 10.2 Å². The molecule has 0 unspecified atom stereocenters. The van der Waals surface area contributed by atoms with E-state index in [-0.39, 0.29) is 11.9 Å². The predicted octanol–water partition coefficient (Wildman–Crippen LogP) is 3.76. The van der Waals surface area contributed by atoms with Gasteiger partial charge in [-0.3, -0.25) is 4.90 Å². The molecule has 0 saturated carbocycles. The lowest BCUT2D eigenvalue weighted by atomic mass is 9.88. The fourth-order valence-corrected chi connectivity index (χ4v) is 4.01. The second-order valence-corrected chi connectivity index (χ2v) is 7.52. The topological polar surface area (TPSA) is 56.6 Å². The molecular formula is C23H26N2O2. The van der Waals surface area contributed by atoms with Gasteiger partial charge in [-0.2, -0.15) is 0 Å². The van der Waals surface area contributed by atoms with Crippen LogP contribution in [0.3, 0.4) is 0 Å². The Kier molecular flexibility index (Phi) is 5.37. The molecule has 140 valence electrons. The van der Waals surface area contributed by atoms with Crippen LogP contribution in [0.2, 0.25) is 0 Å². The van der Waals surface area contributed by atoms with Crippen molar-refractivity contribution in [2.24, 2.45) is 5.92 Å². The fraction of sp³-hybridized carbons (Fsp3) is 0.348. The molecule has 1 aromatic heterocycles. The van der Waals surface area contributed by atoms with Crippen LogP contribution in [-0.4, -0.2) is 39.3 Å². The number of aliphatic hydroxyl groups excluding tert-OH is 1. The Morgan fingerprint density at radius 3 is 2.52 bits per heavy atom. The summed E-state index contributed by atoms with van der Waals surface area (Å²) in [5.41, 5.74) is 2.85. The van der Waals surface area contributed by atoms with Gasteiger partial charge in [-0.25, -0.2) is 4.98 Å². The predicted molar refractivity (Wildman–Crippen MR) is 108 cm³/mol. The molecule has 0 amide bonds. The molecule has 4 heteroatoms. The Bertz CT molecular complexity index is 889. The highest BCUT2D eigenvalue weighted by Crippen LogP contribution is 2.26. The van der Waals surface area contributed by atoms with Crippen LogP contribution in [0.15, 0.2) is 60.7 Å². The number of likely N-dealkylation sites (tertiary alicyclic amines) is 1. The van der Waals surface area contributed by atoms with Crippen LogP contribution < -0.4 is 0 Å². The summed E-state index contributed by atoms with van der Waals surface area (Å²) in [5.74, 6) is 0.590. The van der Waals surface area contributed by atoms with Crippen molar-refractivity contribution in [1.29, 1.82) is 0 Å². The Balaban J connectivity index is 1.33. The lowest BCUT2D eigenvalue weighted by Crippen LogP contribution is -2.38. The molecule has 3 aromatic rings. The zero-order valence-electron chi connectivity index (χ0n) is 15.5. The van der Waals surface area contributed by atoms with E-state index in [9.17, 15) is 10.2 Å². The van der Waals surface area contributed by atoms with E-state index in [0.29, 0.717) is 11.4 Å². The average molecular weight is 362 g/mol. The Labute approximate surface area is 160 Å².